The van der Waals surface area contributed by atoms with Gasteiger partial charge in [-0.1, -0.05) is 29.5 Å². The predicted molar refractivity (Wildman–Crippen MR) is 141 cm³/mol. The van der Waals surface area contributed by atoms with Gasteiger partial charge in [0.15, 0.2) is 11.3 Å². The van der Waals surface area contributed by atoms with Crippen LogP contribution in [0.5, 0.6) is 0 Å². The number of nitrogens with zero attached hydrogens (tertiary/aromatic N) is 6. The molecule has 0 fully saturated rings. The van der Waals surface area contributed by atoms with E-state index in [1.54, 1.807) is 29.0 Å². The van der Waals surface area contributed by atoms with Gasteiger partial charge < -0.3 is 5.32 Å². The second-order valence-corrected chi connectivity index (χ2v) is 9.58. The number of amides is 1. The van der Waals surface area contributed by atoms with E-state index in [-0.39, 0.29) is 11.4 Å². The number of benzene rings is 2. The second-order valence-electron chi connectivity index (χ2n) is 8.43. The zero-order valence-corrected chi connectivity index (χ0v) is 21.2. The first kappa shape index (κ1) is 24.2. The summed E-state index contributed by atoms with van der Waals surface area (Å²) in [5.74, 6) is -0.496. The van der Waals surface area contributed by atoms with Crippen LogP contribution in [0.15, 0.2) is 76.8 Å². The van der Waals surface area contributed by atoms with E-state index in [0.717, 1.165) is 34.0 Å². The Kier molecular flexibility index (Phi) is 6.45. The maximum atomic E-state index is 13.1. The molecule has 0 saturated carbocycles. The quantitative estimate of drug-likeness (QED) is 0.224. The highest BCUT2D eigenvalue weighted by molar-refractivity contribution is 7.99. The van der Waals surface area contributed by atoms with Gasteiger partial charge in [0.2, 0.25) is 0 Å². The van der Waals surface area contributed by atoms with Gasteiger partial charge in [-0.05, 0) is 45.0 Å². The van der Waals surface area contributed by atoms with Crippen LogP contribution < -0.4 is 5.32 Å². The molecule has 3 heterocycles. The Balaban J connectivity index is 1.45. The van der Waals surface area contributed by atoms with Crippen LogP contribution in [0.2, 0.25) is 0 Å². The third-order valence-electron chi connectivity index (χ3n) is 5.89. The third kappa shape index (κ3) is 4.94. The molecule has 0 aliphatic heterocycles. The summed E-state index contributed by atoms with van der Waals surface area (Å²) in [5, 5.41) is 23.2. The topological polar surface area (TPSA) is 120 Å². The average Bonchev–Trinajstić information content (AvgIpc) is 3.48. The van der Waals surface area contributed by atoms with Gasteiger partial charge in [-0.3, -0.25) is 19.6 Å². The van der Waals surface area contributed by atoms with E-state index in [1.165, 1.54) is 23.9 Å². The molecule has 0 aliphatic carbocycles. The molecule has 11 heteroatoms. The first-order chi connectivity index (χ1) is 17.8. The molecule has 0 unspecified atom stereocenters. The number of hydrogen-bond acceptors (Lipinski definition) is 7. The molecule has 1 N–H and O–H groups in total. The second kappa shape index (κ2) is 9.86. The molecule has 3 aromatic heterocycles. The van der Waals surface area contributed by atoms with E-state index >= 15 is 0 Å². The minimum atomic E-state index is -0.496. The molecule has 0 bridgehead atoms. The number of anilines is 1. The maximum absolute atomic E-state index is 13.1. The van der Waals surface area contributed by atoms with Crippen LogP contribution in [-0.4, -0.2) is 35.2 Å². The van der Waals surface area contributed by atoms with Crippen molar-refractivity contribution in [1.29, 1.82) is 0 Å². The van der Waals surface area contributed by atoms with Gasteiger partial charge in [0, 0.05) is 57.7 Å². The largest absolute Gasteiger partial charge is 0.320 e. The van der Waals surface area contributed by atoms with Crippen LogP contribution >= 0.6 is 11.8 Å². The van der Waals surface area contributed by atoms with Crippen LogP contribution in [0, 0.1) is 24.0 Å². The van der Waals surface area contributed by atoms with Crippen molar-refractivity contribution in [2.45, 2.75) is 37.1 Å². The number of nitro groups is 1. The van der Waals surface area contributed by atoms with Gasteiger partial charge in [0.05, 0.1) is 16.8 Å². The summed E-state index contributed by atoms with van der Waals surface area (Å²) in [6.45, 7) is 6.72. The number of non-ortho nitro benzene ring substituents is 1. The molecular formula is C26H23N7O3S. The number of aryl methyl sites for hydroxylation is 2. The lowest BCUT2D eigenvalue weighted by Crippen LogP contribution is -2.13. The SMILES string of the molecule is CCn1ncc(-c2ccnc3cc(C(=O)Nc4cc(Sc5ccc(C)cc5)cc([N+](=O)[O-])c4)nn23)c1C. The van der Waals surface area contributed by atoms with E-state index in [0.29, 0.717) is 16.2 Å². The molecule has 0 spiro atoms. The number of nitro benzene ring substituents is 1. The van der Waals surface area contributed by atoms with Crippen molar-refractivity contribution in [2.75, 3.05) is 5.32 Å². The molecule has 0 saturated heterocycles. The van der Waals surface area contributed by atoms with E-state index in [1.807, 2.05) is 55.8 Å². The Hall–Kier alpha value is -4.51. The maximum Gasteiger partial charge on any atom is 0.276 e. The lowest BCUT2D eigenvalue weighted by atomic mass is 10.2. The van der Waals surface area contributed by atoms with Gasteiger partial charge in [-0.2, -0.15) is 10.2 Å². The van der Waals surface area contributed by atoms with Crippen molar-refractivity contribution >= 4 is 34.7 Å². The highest BCUT2D eigenvalue weighted by atomic mass is 32.2. The zero-order chi connectivity index (χ0) is 26.1. The molecule has 37 heavy (non-hydrogen) atoms. The van der Waals surface area contributed by atoms with E-state index in [2.05, 4.69) is 20.5 Å². The van der Waals surface area contributed by atoms with Gasteiger partial charge in [0.25, 0.3) is 11.6 Å². The zero-order valence-electron chi connectivity index (χ0n) is 20.4. The average molecular weight is 514 g/mol. The Morgan fingerprint density at radius 3 is 2.57 bits per heavy atom. The molecule has 2 aromatic carbocycles. The van der Waals surface area contributed by atoms with Crippen molar-refractivity contribution in [3.63, 3.8) is 0 Å². The Morgan fingerprint density at radius 1 is 1.08 bits per heavy atom. The summed E-state index contributed by atoms with van der Waals surface area (Å²) in [5.41, 5.74) is 4.58. The number of carbonyl (C=O) groups excluding carboxylic acids is 1. The minimum absolute atomic E-state index is 0.116. The molecule has 0 atom stereocenters. The molecule has 186 valence electrons. The molecule has 0 radical (unpaired) electrons. The normalized spacial score (nSPS) is 11.1. The van der Waals surface area contributed by atoms with Crippen molar-refractivity contribution in [3.05, 3.63) is 94.1 Å². The first-order valence-corrected chi connectivity index (χ1v) is 12.4. The smallest absolute Gasteiger partial charge is 0.276 e. The molecule has 5 rings (SSSR count). The van der Waals surface area contributed by atoms with Crippen LogP contribution in [0.25, 0.3) is 16.9 Å². The number of nitrogens with one attached hydrogen (secondary N) is 1. The standard InChI is InChI=1S/C26H23N7O3S/c1-4-31-17(3)22(15-28-31)24-9-10-27-25-14-23(30-32(24)25)26(34)29-18-11-19(33(35)36)13-21(12-18)37-20-7-5-16(2)6-8-20/h5-15H,4H2,1-3H3,(H,29,34). The van der Waals surface area contributed by atoms with Gasteiger partial charge in [-0.25, -0.2) is 9.50 Å². The number of rotatable bonds is 7. The van der Waals surface area contributed by atoms with Crippen LogP contribution in [0.4, 0.5) is 11.4 Å². The monoisotopic (exact) mass is 513 g/mol. The van der Waals surface area contributed by atoms with E-state index < -0.39 is 10.8 Å². The fraction of sp³-hybridized carbons (Fsp3) is 0.154. The first-order valence-electron chi connectivity index (χ1n) is 11.6. The van der Waals surface area contributed by atoms with Crippen molar-refractivity contribution in [3.8, 4) is 11.3 Å². The van der Waals surface area contributed by atoms with Crippen LogP contribution in [-0.2, 0) is 6.54 Å². The van der Waals surface area contributed by atoms with Gasteiger partial charge in [0.1, 0.15) is 0 Å². The Bertz CT molecular complexity index is 1640. The Labute approximate surface area is 216 Å². The number of aromatic nitrogens is 5. The van der Waals surface area contributed by atoms with Crippen LogP contribution in [0.1, 0.15) is 28.7 Å². The lowest BCUT2D eigenvalue weighted by molar-refractivity contribution is -0.385. The predicted octanol–water partition coefficient (Wildman–Crippen LogP) is 5.54. The summed E-state index contributed by atoms with van der Waals surface area (Å²) >= 11 is 1.38. The summed E-state index contributed by atoms with van der Waals surface area (Å²) in [7, 11) is 0. The molecule has 0 aliphatic rings. The van der Waals surface area contributed by atoms with Crippen molar-refractivity contribution in [1.82, 2.24) is 24.4 Å². The van der Waals surface area contributed by atoms with Crippen molar-refractivity contribution in [2.24, 2.45) is 0 Å². The fourth-order valence-electron chi connectivity index (χ4n) is 3.98. The lowest BCUT2D eigenvalue weighted by Gasteiger charge is -2.07. The number of hydrogen-bond donors (Lipinski definition) is 1. The van der Waals surface area contributed by atoms with Crippen molar-refractivity contribution < 1.29 is 9.72 Å². The van der Waals surface area contributed by atoms with E-state index in [9.17, 15) is 14.9 Å². The highest BCUT2D eigenvalue weighted by Gasteiger charge is 2.18. The molecule has 10 nitrogen and oxygen atoms in total. The number of carbonyl (C=O) groups is 1. The molecule has 1 amide bonds. The Morgan fingerprint density at radius 2 is 1.86 bits per heavy atom. The van der Waals surface area contributed by atoms with Gasteiger partial charge in [-0.15, -0.1) is 0 Å². The molecule has 5 aromatic rings. The molecular weight excluding hydrogens is 490 g/mol. The summed E-state index contributed by atoms with van der Waals surface area (Å²) in [6, 6.07) is 15.8. The third-order valence-corrected chi connectivity index (χ3v) is 6.87. The van der Waals surface area contributed by atoms with Gasteiger partial charge >= 0.3 is 0 Å². The minimum Gasteiger partial charge on any atom is -0.320 e. The van der Waals surface area contributed by atoms with E-state index in [4.69, 9.17) is 0 Å². The summed E-state index contributed by atoms with van der Waals surface area (Å²) in [6.07, 6.45) is 3.43. The fourth-order valence-corrected chi connectivity index (χ4v) is 4.89. The summed E-state index contributed by atoms with van der Waals surface area (Å²) < 4.78 is 3.48. The number of fused-ring (bicyclic) bond motifs is 1. The summed E-state index contributed by atoms with van der Waals surface area (Å²) in [4.78, 5) is 30.1. The highest BCUT2D eigenvalue weighted by Crippen LogP contribution is 2.33. The van der Waals surface area contributed by atoms with Crippen LogP contribution in [0.3, 0.4) is 0 Å².